The molecule has 1 atom stereocenters. The second kappa shape index (κ2) is 6.29. The fourth-order valence-electron chi connectivity index (χ4n) is 2.90. The molecule has 0 aromatic heterocycles. The Morgan fingerprint density at radius 3 is 2.74 bits per heavy atom. The summed E-state index contributed by atoms with van der Waals surface area (Å²) in [6.07, 6.45) is 4.61. The molecule has 0 radical (unpaired) electrons. The van der Waals surface area contributed by atoms with Gasteiger partial charge in [0.2, 0.25) is 0 Å². The molecule has 1 unspecified atom stereocenters. The molecule has 0 amide bonds. The highest BCUT2D eigenvalue weighted by molar-refractivity contribution is 5.51. The average molecular weight is 263 g/mol. The van der Waals surface area contributed by atoms with E-state index in [1.165, 1.54) is 24.8 Å². The standard InChI is InChI=1S/C16H25NO2/c1-11(2)13-7-8-15(19-3)16(18)14(13)10-12-6-4-5-9-17-12/h7-8,11-12,17-18H,4-6,9-10H2,1-3H3. The SMILES string of the molecule is COc1ccc(C(C)C)c(CC2CCCCN2)c1O. The van der Waals surface area contributed by atoms with Gasteiger partial charge in [-0.1, -0.05) is 26.3 Å². The van der Waals surface area contributed by atoms with E-state index < -0.39 is 0 Å². The summed E-state index contributed by atoms with van der Waals surface area (Å²) in [5, 5.41) is 13.9. The van der Waals surface area contributed by atoms with E-state index >= 15 is 0 Å². The van der Waals surface area contributed by atoms with Crippen molar-refractivity contribution in [3.63, 3.8) is 0 Å². The van der Waals surface area contributed by atoms with Gasteiger partial charge < -0.3 is 15.2 Å². The van der Waals surface area contributed by atoms with Gasteiger partial charge in [-0.3, -0.25) is 0 Å². The van der Waals surface area contributed by atoms with Crippen molar-refractivity contribution < 1.29 is 9.84 Å². The second-order valence-electron chi connectivity index (χ2n) is 5.69. The van der Waals surface area contributed by atoms with Gasteiger partial charge in [0.1, 0.15) is 0 Å². The number of nitrogens with one attached hydrogen (secondary N) is 1. The first kappa shape index (κ1) is 14.2. The molecule has 106 valence electrons. The number of benzene rings is 1. The Morgan fingerprint density at radius 1 is 1.37 bits per heavy atom. The van der Waals surface area contributed by atoms with Crippen molar-refractivity contribution in [2.24, 2.45) is 0 Å². The number of phenolic OH excluding ortho intramolecular Hbond substituents is 1. The Hall–Kier alpha value is -1.22. The van der Waals surface area contributed by atoms with Gasteiger partial charge in [-0.15, -0.1) is 0 Å². The smallest absolute Gasteiger partial charge is 0.161 e. The van der Waals surface area contributed by atoms with Crippen molar-refractivity contribution >= 4 is 0 Å². The molecule has 19 heavy (non-hydrogen) atoms. The summed E-state index contributed by atoms with van der Waals surface area (Å²) in [6.45, 7) is 5.42. The normalized spacial score (nSPS) is 19.7. The Labute approximate surface area is 116 Å². The number of hydrogen-bond donors (Lipinski definition) is 2. The molecule has 1 fully saturated rings. The molecule has 1 aliphatic rings. The van der Waals surface area contributed by atoms with E-state index in [4.69, 9.17) is 4.74 Å². The molecule has 0 saturated carbocycles. The fourth-order valence-corrected chi connectivity index (χ4v) is 2.90. The van der Waals surface area contributed by atoms with Gasteiger partial charge in [0.25, 0.3) is 0 Å². The van der Waals surface area contributed by atoms with E-state index in [1.807, 2.05) is 6.07 Å². The average Bonchev–Trinajstić information content (AvgIpc) is 2.42. The van der Waals surface area contributed by atoms with Crippen molar-refractivity contribution in [1.29, 1.82) is 0 Å². The lowest BCUT2D eigenvalue weighted by Gasteiger charge is -2.26. The van der Waals surface area contributed by atoms with Crippen LogP contribution in [-0.2, 0) is 6.42 Å². The van der Waals surface area contributed by atoms with Crippen LogP contribution in [0, 0.1) is 0 Å². The Kier molecular flexibility index (Phi) is 4.70. The molecule has 0 aliphatic carbocycles. The van der Waals surface area contributed by atoms with Crippen LogP contribution in [-0.4, -0.2) is 24.8 Å². The van der Waals surface area contributed by atoms with Crippen LogP contribution >= 0.6 is 0 Å². The maximum absolute atomic E-state index is 10.4. The van der Waals surface area contributed by atoms with Crippen molar-refractivity contribution in [3.05, 3.63) is 23.3 Å². The lowest BCUT2D eigenvalue weighted by atomic mass is 9.89. The molecule has 2 rings (SSSR count). The Balaban J connectivity index is 2.29. The van der Waals surface area contributed by atoms with E-state index in [0.29, 0.717) is 23.5 Å². The second-order valence-corrected chi connectivity index (χ2v) is 5.69. The zero-order chi connectivity index (χ0) is 13.8. The molecule has 3 heteroatoms. The minimum atomic E-state index is 0.320. The van der Waals surface area contributed by atoms with Gasteiger partial charge in [-0.25, -0.2) is 0 Å². The van der Waals surface area contributed by atoms with Crippen molar-refractivity contribution in [2.45, 2.75) is 51.5 Å². The van der Waals surface area contributed by atoms with E-state index in [9.17, 15) is 5.11 Å². The Bertz CT molecular complexity index is 423. The van der Waals surface area contributed by atoms with Gasteiger partial charge in [0.05, 0.1) is 7.11 Å². The minimum absolute atomic E-state index is 0.320. The maximum Gasteiger partial charge on any atom is 0.161 e. The monoisotopic (exact) mass is 263 g/mol. The van der Waals surface area contributed by atoms with Gasteiger partial charge in [-0.05, 0) is 43.4 Å². The summed E-state index contributed by atoms with van der Waals surface area (Å²) in [5.74, 6) is 1.31. The molecule has 1 aromatic rings. The summed E-state index contributed by atoms with van der Waals surface area (Å²) in [7, 11) is 1.60. The van der Waals surface area contributed by atoms with Gasteiger partial charge >= 0.3 is 0 Å². The number of ether oxygens (including phenoxy) is 1. The summed E-state index contributed by atoms with van der Waals surface area (Å²) in [5.41, 5.74) is 2.28. The first-order valence-corrected chi connectivity index (χ1v) is 7.25. The first-order chi connectivity index (χ1) is 9.13. The third-order valence-corrected chi connectivity index (χ3v) is 3.99. The number of aromatic hydroxyl groups is 1. The molecule has 1 aromatic carbocycles. The van der Waals surface area contributed by atoms with E-state index in [0.717, 1.165) is 18.5 Å². The zero-order valence-electron chi connectivity index (χ0n) is 12.2. The van der Waals surface area contributed by atoms with Gasteiger partial charge in [0, 0.05) is 11.6 Å². The van der Waals surface area contributed by atoms with Crippen LogP contribution in [0.3, 0.4) is 0 Å². The molecular weight excluding hydrogens is 238 g/mol. The van der Waals surface area contributed by atoms with Crippen LogP contribution in [0.2, 0.25) is 0 Å². The first-order valence-electron chi connectivity index (χ1n) is 7.25. The van der Waals surface area contributed by atoms with Crippen molar-refractivity contribution in [3.8, 4) is 11.5 Å². The molecule has 1 aliphatic heterocycles. The number of piperidine rings is 1. The summed E-state index contributed by atoms with van der Waals surface area (Å²) < 4.78 is 5.24. The molecule has 2 N–H and O–H groups in total. The van der Waals surface area contributed by atoms with Crippen LogP contribution in [0.4, 0.5) is 0 Å². The van der Waals surface area contributed by atoms with E-state index in [2.05, 4.69) is 25.2 Å². The van der Waals surface area contributed by atoms with Crippen molar-refractivity contribution in [1.82, 2.24) is 5.32 Å². The number of phenols is 1. The van der Waals surface area contributed by atoms with Crippen LogP contribution in [0.15, 0.2) is 12.1 Å². The van der Waals surface area contributed by atoms with E-state index in [-0.39, 0.29) is 0 Å². The zero-order valence-corrected chi connectivity index (χ0v) is 12.2. The highest BCUT2D eigenvalue weighted by Gasteiger charge is 2.20. The summed E-state index contributed by atoms with van der Waals surface area (Å²) in [6, 6.07) is 4.42. The Morgan fingerprint density at radius 2 is 2.16 bits per heavy atom. The minimum Gasteiger partial charge on any atom is -0.504 e. The quantitative estimate of drug-likeness (QED) is 0.876. The van der Waals surface area contributed by atoms with Crippen LogP contribution in [0.5, 0.6) is 11.5 Å². The maximum atomic E-state index is 10.4. The number of hydrogen-bond acceptors (Lipinski definition) is 3. The fraction of sp³-hybridized carbons (Fsp3) is 0.625. The van der Waals surface area contributed by atoms with Crippen LogP contribution in [0.1, 0.15) is 50.2 Å². The topological polar surface area (TPSA) is 41.5 Å². The van der Waals surface area contributed by atoms with Gasteiger partial charge in [0.15, 0.2) is 11.5 Å². The van der Waals surface area contributed by atoms with Crippen molar-refractivity contribution in [2.75, 3.05) is 13.7 Å². The molecule has 1 saturated heterocycles. The van der Waals surface area contributed by atoms with Crippen LogP contribution in [0.25, 0.3) is 0 Å². The van der Waals surface area contributed by atoms with E-state index in [1.54, 1.807) is 7.11 Å². The summed E-state index contributed by atoms with van der Waals surface area (Å²) in [4.78, 5) is 0. The molecular formula is C16H25NO2. The van der Waals surface area contributed by atoms with Crippen LogP contribution < -0.4 is 10.1 Å². The number of rotatable bonds is 4. The molecule has 1 heterocycles. The lowest BCUT2D eigenvalue weighted by molar-refractivity contribution is 0.361. The third-order valence-electron chi connectivity index (χ3n) is 3.99. The number of methoxy groups -OCH3 is 1. The molecule has 0 bridgehead atoms. The predicted molar refractivity (Wildman–Crippen MR) is 78.1 cm³/mol. The van der Waals surface area contributed by atoms with Gasteiger partial charge in [-0.2, -0.15) is 0 Å². The third kappa shape index (κ3) is 3.21. The summed E-state index contributed by atoms with van der Waals surface area (Å²) >= 11 is 0. The highest BCUT2D eigenvalue weighted by atomic mass is 16.5. The lowest BCUT2D eigenvalue weighted by Crippen LogP contribution is -2.35. The largest absolute Gasteiger partial charge is 0.504 e. The predicted octanol–water partition coefficient (Wildman–Crippen LogP) is 3.21. The molecule has 0 spiro atoms. The highest BCUT2D eigenvalue weighted by Crippen LogP contribution is 2.36. The molecule has 3 nitrogen and oxygen atoms in total.